The lowest BCUT2D eigenvalue weighted by Crippen LogP contribution is -2.13. The van der Waals surface area contributed by atoms with Gasteiger partial charge in [0.1, 0.15) is 22.8 Å². The molecule has 3 rings (SSSR count). The highest BCUT2D eigenvalue weighted by atomic mass is 32.1. The lowest BCUT2D eigenvalue weighted by atomic mass is 10.3. The average Bonchev–Trinajstić information content (AvgIpc) is 3.16. The number of hydrogen-bond donors (Lipinski definition) is 2. The molecule has 3 heterocycles. The summed E-state index contributed by atoms with van der Waals surface area (Å²) < 4.78 is 1.90. The summed E-state index contributed by atoms with van der Waals surface area (Å²) >= 11 is 1.37. The molecular formula is C15H16N6OS. The van der Waals surface area contributed by atoms with E-state index in [2.05, 4.69) is 20.3 Å². The molecule has 0 aliphatic carbocycles. The van der Waals surface area contributed by atoms with Crippen LogP contribution in [0.5, 0.6) is 0 Å². The molecule has 0 aromatic carbocycles. The SMILES string of the molecule is Cc1ncn(-c2ccc(NC(=O)c3csc(CN)n3)cn2)c1C. The monoisotopic (exact) mass is 328 g/mol. The molecule has 0 unspecified atom stereocenters. The zero-order valence-electron chi connectivity index (χ0n) is 12.8. The molecule has 0 saturated heterocycles. The van der Waals surface area contributed by atoms with Gasteiger partial charge in [0, 0.05) is 17.6 Å². The van der Waals surface area contributed by atoms with Crippen LogP contribution in [0, 0.1) is 13.8 Å². The van der Waals surface area contributed by atoms with Gasteiger partial charge in [-0.25, -0.2) is 15.0 Å². The average molecular weight is 328 g/mol. The quantitative estimate of drug-likeness (QED) is 0.763. The Bertz CT molecular complexity index is 836. The number of hydrogen-bond acceptors (Lipinski definition) is 6. The molecule has 3 aromatic heterocycles. The number of anilines is 1. The van der Waals surface area contributed by atoms with Gasteiger partial charge in [-0.2, -0.15) is 0 Å². The van der Waals surface area contributed by atoms with Crippen molar-refractivity contribution < 1.29 is 4.79 Å². The van der Waals surface area contributed by atoms with Crippen molar-refractivity contribution in [1.82, 2.24) is 19.5 Å². The number of aromatic nitrogens is 4. The van der Waals surface area contributed by atoms with Crippen LogP contribution in [0.3, 0.4) is 0 Å². The molecular weight excluding hydrogens is 312 g/mol. The first kappa shape index (κ1) is 15.3. The minimum atomic E-state index is -0.273. The van der Waals surface area contributed by atoms with E-state index < -0.39 is 0 Å². The van der Waals surface area contributed by atoms with Gasteiger partial charge >= 0.3 is 0 Å². The molecule has 0 spiro atoms. The number of nitrogens with one attached hydrogen (secondary N) is 1. The molecule has 1 amide bonds. The van der Waals surface area contributed by atoms with E-state index in [9.17, 15) is 4.79 Å². The van der Waals surface area contributed by atoms with E-state index in [1.165, 1.54) is 11.3 Å². The maximum Gasteiger partial charge on any atom is 0.275 e. The molecule has 23 heavy (non-hydrogen) atoms. The van der Waals surface area contributed by atoms with E-state index in [1.807, 2.05) is 24.5 Å². The van der Waals surface area contributed by atoms with Crippen LogP contribution in [0.4, 0.5) is 5.69 Å². The van der Waals surface area contributed by atoms with Crippen LogP contribution in [0.15, 0.2) is 30.0 Å². The van der Waals surface area contributed by atoms with Crippen molar-refractivity contribution in [1.29, 1.82) is 0 Å². The van der Waals surface area contributed by atoms with Crippen molar-refractivity contribution in [3.63, 3.8) is 0 Å². The largest absolute Gasteiger partial charge is 0.325 e. The standard InChI is InChI=1S/C15H16N6OS/c1-9-10(2)21(8-18-9)13-4-3-11(6-17-13)19-15(22)12-7-23-14(5-16)20-12/h3-4,6-8H,5,16H2,1-2H3,(H,19,22). The fourth-order valence-electron chi connectivity index (χ4n) is 2.04. The van der Waals surface area contributed by atoms with Crippen molar-refractivity contribution in [3.05, 3.63) is 52.1 Å². The number of thiazole rings is 1. The molecule has 118 valence electrons. The van der Waals surface area contributed by atoms with E-state index in [-0.39, 0.29) is 5.91 Å². The van der Waals surface area contributed by atoms with Crippen LogP contribution >= 0.6 is 11.3 Å². The maximum absolute atomic E-state index is 12.1. The molecule has 0 radical (unpaired) electrons. The molecule has 7 nitrogen and oxygen atoms in total. The van der Waals surface area contributed by atoms with Crippen LogP contribution in [-0.2, 0) is 6.54 Å². The Morgan fingerprint density at radius 1 is 1.35 bits per heavy atom. The second-order valence-corrected chi connectivity index (χ2v) is 5.92. The zero-order chi connectivity index (χ0) is 16.4. The van der Waals surface area contributed by atoms with Gasteiger partial charge in [-0.1, -0.05) is 0 Å². The number of aryl methyl sites for hydroxylation is 1. The van der Waals surface area contributed by atoms with Gasteiger partial charge in [-0.05, 0) is 26.0 Å². The van der Waals surface area contributed by atoms with Gasteiger partial charge < -0.3 is 11.1 Å². The Morgan fingerprint density at radius 3 is 2.74 bits per heavy atom. The van der Waals surface area contributed by atoms with Gasteiger partial charge in [-0.3, -0.25) is 9.36 Å². The fourth-order valence-corrected chi connectivity index (χ4v) is 2.69. The smallest absolute Gasteiger partial charge is 0.275 e. The number of amides is 1. The predicted molar refractivity (Wildman–Crippen MR) is 88.8 cm³/mol. The van der Waals surface area contributed by atoms with Crippen LogP contribution < -0.4 is 11.1 Å². The van der Waals surface area contributed by atoms with E-state index in [0.717, 1.165) is 22.2 Å². The number of imidazole rings is 1. The topological polar surface area (TPSA) is 98.7 Å². The van der Waals surface area contributed by atoms with Crippen LogP contribution in [0.25, 0.3) is 5.82 Å². The fraction of sp³-hybridized carbons (Fsp3) is 0.200. The molecule has 3 N–H and O–H groups in total. The number of nitrogens with two attached hydrogens (primary N) is 1. The van der Waals surface area contributed by atoms with Gasteiger partial charge in [0.05, 0.1) is 17.6 Å². The van der Waals surface area contributed by atoms with E-state index in [0.29, 0.717) is 17.9 Å². The summed E-state index contributed by atoms with van der Waals surface area (Å²) in [6, 6.07) is 3.63. The van der Waals surface area contributed by atoms with Crippen molar-refractivity contribution in [2.24, 2.45) is 5.73 Å². The minimum absolute atomic E-state index is 0.273. The maximum atomic E-state index is 12.1. The van der Waals surface area contributed by atoms with Gasteiger partial charge in [-0.15, -0.1) is 11.3 Å². The zero-order valence-corrected chi connectivity index (χ0v) is 13.6. The van der Waals surface area contributed by atoms with Gasteiger partial charge in [0.15, 0.2) is 0 Å². The molecule has 8 heteroatoms. The highest BCUT2D eigenvalue weighted by molar-refractivity contribution is 7.09. The Hall–Kier alpha value is -2.58. The lowest BCUT2D eigenvalue weighted by Gasteiger charge is -2.07. The highest BCUT2D eigenvalue weighted by Gasteiger charge is 2.11. The van der Waals surface area contributed by atoms with Gasteiger partial charge in [0.25, 0.3) is 5.91 Å². The summed E-state index contributed by atoms with van der Waals surface area (Å²) in [6.45, 7) is 4.26. The van der Waals surface area contributed by atoms with E-state index >= 15 is 0 Å². The number of pyridine rings is 1. The summed E-state index contributed by atoms with van der Waals surface area (Å²) in [5, 5.41) is 5.19. The summed E-state index contributed by atoms with van der Waals surface area (Å²) in [7, 11) is 0. The molecule has 0 aliphatic rings. The van der Waals surface area contributed by atoms with Crippen molar-refractivity contribution >= 4 is 22.9 Å². The Balaban J connectivity index is 1.74. The normalized spacial score (nSPS) is 10.7. The first-order valence-electron chi connectivity index (χ1n) is 7.01. The van der Waals surface area contributed by atoms with E-state index in [4.69, 9.17) is 5.73 Å². The molecule has 0 aliphatic heterocycles. The number of nitrogens with zero attached hydrogens (tertiary/aromatic N) is 4. The third kappa shape index (κ3) is 3.13. The number of rotatable bonds is 4. The molecule has 0 saturated carbocycles. The third-order valence-electron chi connectivity index (χ3n) is 3.46. The molecule has 0 fully saturated rings. The lowest BCUT2D eigenvalue weighted by molar-refractivity contribution is 0.102. The minimum Gasteiger partial charge on any atom is -0.325 e. The summed E-state index contributed by atoms with van der Waals surface area (Å²) in [6.07, 6.45) is 3.34. The second-order valence-electron chi connectivity index (χ2n) is 4.98. The van der Waals surface area contributed by atoms with Crippen LogP contribution in [0.2, 0.25) is 0 Å². The Labute approximate surface area is 137 Å². The van der Waals surface area contributed by atoms with Crippen molar-refractivity contribution in [2.75, 3.05) is 5.32 Å². The van der Waals surface area contributed by atoms with Gasteiger partial charge in [0.2, 0.25) is 0 Å². The first-order valence-corrected chi connectivity index (χ1v) is 7.89. The Kier molecular flexibility index (Phi) is 4.18. The van der Waals surface area contributed by atoms with Crippen LogP contribution in [-0.4, -0.2) is 25.4 Å². The molecule has 0 atom stereocenters. The number of carbonyl (C=O) groups excluding carboxylic acids is 1. The molecule has 3 aromatic rings. The summed E-state index contributed by atoms with van der Waals surface area (Å²) in [5.41, 5.74) is 8.46. The summed E-state index contributed by atoms with van der Waals surface area (Å²) in [4.78, 5) is 24.9. The van der Waals surface area contributed by atoms with E-state index in [1.54, 1.807) is 24.0 Å². The predicted octanol–water partition coefficient (Wildman–Crippen LogP) is 2.05. The van der Waals surface area contributed by atoms with Crippen molar-refractivity contribution in [3.8, 4) is 5.82 Å². The third-order valence-corrected chi connectivity index (χ3v) is 4.33. The van der Waals surface area contributed by atoms with Crippen molar-refractivity contribution in [2.45, 2.75) is 20.4 Å². The summed E-state index contributed by atoms with van der Waals surface area (Å²) in [5.74, 6) is 0.477. The Morgan fingerprint density at radius 2 is 2.17 bits per heavy atom. The first-order chi connectivity index (χ1) is 11.1. The number of carbonyl (C=O) groups is 1. The highest BCUT2D eigenvalue weighted by Crippen LogP contribution is 2.15. The molecule has 0 bridgehead atoms. The second kappa shape index (κ2) is 6.27. The van der Waals surface area contributed by atoms with Crippen LogP contribution in [0.1, 0.15) is 26.9 Å².